The molecule has 1 aliphatic heterocycles. The third kappa shape index (κ3) is 6.74. The van der Waals surface area contributed by atoms with E-state index in [1.54, 1.807) is 18.2 Å². The normalized spacial score (nSPS) is 15.4. The van der Waals surface area contributed by atoms with Crippen LogP contribution < -0.4 is 5.73 Å². The van der Waals surface area contributed by atoms with Gasteiger partial charge in [-0.2, -0.15) is 5.10 Å². The highest BCUT2D eigenvalue weighted by Crippen LogP contribution is 2.33. The smallest absolute Gasteiger partial charge is 0.329 e. The molecular formula is C33H39N5O3S. The van der Waals surface area contributed by atoms with Crippen molar-refractivity contribution in [1.29, 1.82) is 0 Å². The van der Waals surface area contributed by atoms with Crippen molar-refractivity contribution >= 4 is 16.1 Å². The molecule has 220 valence electrons. The summed E-state index contributed by atoms with van der Waals surface area (Å²) in [5.41, 5.74) is 10.1. The van der Waals surface area contributed by atoms with Crippen molar-refractivity contribution in [1.82, 2.24) is 19.0 Å². The molecule has 4 aromatic rings. The highest BCUT2D eigenvalue weighted by Gasteiger charge is 2.36. The van der Waals surface area contributed by atoms with Crippen LogP contribution in [0.15, 0.2) is 102 Å². The monoisotopic (exact) mass is 585 g/mol. The van der Waals surface area contributed by atoms with Gasteiger partial charge in [0.25, 0.3) is 10.0 Å². The lowest BCUT2D eigenvalue weighted by molar-refractivity contribution is 0.184. The average Bonchev–Trinajstić information content (AvgIpc) is 3.43. The van der Waals surface area contributed by atoms with Crippen LogP contribution in [0, 0.1) is 0 Å². The summed E-state index contributed by atoms with van der Waals surface area (Å²) in [6, 6.07) is 28.3. The zero-order chi connectivity index (χ0) is 29.5. The fourth-order valence-electron chi connectivity index (χ4n) is 5.96. The van der Waals surface area contributed by atoms with Gasteiger partial charge in [-0.1, -0.05) is 78.9 Å². The number of carbonyl (C=O) groups is 1. The first-order valence-corrected chi connectivity index (χ1v) is 16.1. The Morgan fingerprint density at radius 1 is 0.952 bits per heavy atom. The summed E-state index contributed by atoms with van der Waals surface area (Å²) in [7, 11) is -4.14. The molecule has 0 bridgehead atoms. The van der Waals surface area contributed by atoms with Gasteiger partial charge in [0.05, 0.1) is 16.6 Å². The first-order valence-electron chi connectivity index (χ1n) is 14.6. The van der Waals surface area contributed by atoms with E-state index >= 15 is 0 Å². The second-order valence-corrected chi connectivity index (χ2v) is 12.6. The number of hydrogen-bond donors (Lipinski definition) is 1. The van der Waals surface area contributed by atoms with Gasteiger partial charge in [0.15, 0.2) is 0 Å². The van der Waals surface area contributed by atoms with E-state index in [2.05, 4.69) is 46.8 Å². The number of benzene rings is 3. The molecule has 0 spiro atoms. The van der Waals surface area contributed by atoms with Gasteiger partial charge in [-0.05, 0) is 68.6 Å². The number of aromatic nitrogens is 2. The number of rotatable bonds is 11. The minimum absolute atomic E-state index is 0.0460. The van der Waals surface area contributed by atoms with Crippen LogP contribution >= 0.6 is 0 Å². The molecule has 0 aliphatic carbocycles. The number of primary amides is 1. The molecule has 0 radical (unpaired) electrons. The second-order valence-electron chi connectivity index (χ2n) is 10.8. The number of aryl methyl sites for hydroxylation is 1. The Balaban J connectivity index is 1.28. The van der Waals surface area contributed by atoms with Gasteiger partial charge in [-0.15, -0.1) is 0 Å². The summed E-state index contributed by atoms with van der Waals surface area (Å²) in [4.78, 5) is 15.1. The van der Waals surface area contributed by atoms with Crippen LogP contribution in [0.5, 0.6) is 0 Å². The number of amides is 2. The van der Waals surface area contributed by atoms with Crippen molar-refractivity contribution in [2.75, 3.05) is 19.6 Å². The molecule has 3 aromatic carbocycles. The van der Waals surface area contributed by atoms with Crippen molar-refractivity contribution in [2.45, 2.75) is 56.0 Å². The van der Waals surface area contributed by atoms with Crippen LogP contribution in [0.4, 0.5) is 4.79 Å². The van der Waals surface area contributed by atoms with Crippen LogP contribution in [-0.2, 0) is 23.0 Å². The summed E-state index contributed by atoms with van der Waals surface area (Å²) in [5, 5.41) is 4.89. The Labute approximate surface area is 248 Å². The minimum Gasteiger partial charge on any atom is -0.351 e. The molecule has 2 N–H and O–H groups in total. The zero-order valence-corrected chi connectivity index (χ0v) is 24.9. The summed E-state index contributed by atoms with van der Waals surface area (Å²) in [6.45, 7) is 5.39. The topological polar surface area (TPSA) is 102 Å². The summed E-state index contributed by atoms with van der Waals surface area (Å²) < 4.78 is 30.2. The summed E-state index contributed by atoms with van der Waals surface area (Å²) in [5.74, 6) is 0.420. The van der Waals surface area contributed by atoms with Gasteiger partial charge in [0.1, 0.15) is 0 Å². The van der Waals surface area contributed by atoms with E-state index in [1.807, 2.05) is 36.4 Å². The Morgan fingerprint density at radius 2 is 1.55 bits per heavy atom. The molecule has 2 amide bonds. The van der Waals surface area contributed by atoms with Crippen molar-refractivity contribution in [2.24, 2.45) is 5.73 Å². The quantitative estimate of drug-likeness (QED) is 0.248. The van der Waals surface area contributed by atoms with Gasteiger partial charge >= 0.3 is 6.03 Å². The van der Waals surface area contributed by atoms with Crippen molar-refractivity contribution in [3.8, 4) is 0 Å². The van der Waals surface area contributed by atoms with Gasteiger partial charge in [-0.3, -0.25) is 4.68 Å². The van der Waals surface area contributed by atoms with Gasteiger partial charge in [0.2, 0.25) is 0 Å². The third-order valence-corrected chi connectivity index (χ3v) is 9.92. The summed E-state index contributed by atoms with van der Waals surface area (Å²) >= 11 is 0. The Morgan fingerprint density at radius 3 is 2.14 bits per heavy atom. The molecule has 0 unspecified atom stereocenters. The molecule has 0 saturated carbocycles. The molecule has 1 atom stereocenters. The van der Waals surface area contributed by atoms with E-state index in [4.69, 9.17) is 10.8 Å². The molecule has 2 heterocycles. The molecule has 1 saturated heterocycles. The van der Waals surface area contributed by atoms with E-state index in [0.717, 1.165) is 54.5 Å². The standard InChI is InChI=1S/C33H39N5O3S/c1-2-37-32(25-29(35-37)24-26-12-6-3-7-13-26)28-18-21-36(22-19-28)23-20-31(27-14-8-4-9-15-27)38(33(34)39)42(40,41)30-16-10-5-11-17-30/h3-17,25,28,31H,2,18-24H2,1H3,(H2,34,39)/t31-/m0/s1. The number of likely N-dealkylation sites (tertiary alicyclic amines) is 1. The maximum Gasteiger partial charge on any atom is 0.329 e. The number of nitrogens with zero attached hydrogens (tertiary/aromatic N) is 4. The third-order valence-electron chi connectivity index (χ3n) is 8.10. The number of hydrogen-bond acceptors (Lipinski definition) is 5. The van der Waals surface area contributed by atoms with Gasteiger partial charge in [-0.25, -0.2) is 17.5 Å². The lowest BCUT2D eigenvalue weighted by Gasteiger charge is -2.35. The van der Waals surface area contributed by atoms with E-state index in [-0.39, 0.29) is 4.90 Å². The van der Waals surface area contributed by atoms with Crippen LogP contribution in [-0.4, -0.2) is 53.1 Å². The van der Waals surface area contributed by atoms with Gasteiger partial charge in [0, 0.05) is 31.1 Å². The Hall–Kier alpha value is -3.95. The maximum absolute atomic E-state index is 13.6. The molecule has 1 aromatic heterocycles. The average molecular weight is 586 g/mol. The first-order chi connectivity index (χ1) is 20.4. The maximum atomic E-state index is 13.6. The van der Waals surface area contributed by atoms with Crippen LogP contribution in [0.2, 0.25) is 0 Å². The number of urea groups is 1. The lowest BCUT2D eigenvalue weighted by atomic mass is 9.92. The highest BCUT2D eigenvalue weighted by atomic mass is 32.2. The van der Waals surface area contributed by atoms with E-state index < -0.39 is 22.1 Å². The predicted octanol–water partition coefficient (Wildman–Crippen LogP) is 5.57. The molecule has 1 fully saturated rings. The van der Waals surface area contributed by atoms with E-state index in [1.165, 1.54) is 23.4 Å². The molecule has 42 heavy (non-hydrogen) atoms. The predicted molar refractivity (Wildman–Crippen MR) is 164 cm³/mol. The molecule has 8 nitrogen and oxygen atoms in total. The number of carbonyl (C=O) groups excluding carboxylic acids is 1. The number of sulfonamides is 1. The SMILES string of the molecule is CCn1nc(Cc2ccccc2)cc1C1CCN(CC[C@@H](c2ccccc2)N(C(N)=O)S(=O)(=O)c2ccccc2)CC1. The Bertz CT molecular complexity index is 1550. The van der Waals surface area contributed by atoms with Crippen molar-refractivity contribution < 1.29 is 13.2 Å². The lowest BCUT2D eigenvalue weighted by Crippen LogP contribution is -2.44. The largest absolute Gasteiger partial charge is 0.351 e. The van der Waals surface area contributed by atoms with Gasteiger partial charge < -0.3 is 10.6 Å². The molecule has 5 rings (SSSR count). The number of piperidine rings is 1. The van der Waals surface area contributed by atoms with Crippen LogP contribution in [0.25, 0.3) is 0 Å². The van der Waals surface area contributed by atoms with Crippen molar-refractivity contribution in [3.05, 3.63) is 120 Å². The fraction of sp³-hybridized carbons (Fsp3) is 0.333. The second kappa shape index (κ2) is 13.4. The fourth-order valence-corrected chi connectivity index (χ4v) is 7.48. The van der Waals surface area contributed by atoms with E-state index in [9.17, 15) is 13.2 Å². The van der Waals surface area contributed by atoms with Crippen LogP contribution in [0.1, 0.15) is 60.7 Å². The molecule has 9 heteroatoms. The molecule has 1 aliphatic rings. The zero-order valence-electron chi connectivity index (χ0n) is 24.0. The Kier molecular flexibility index (Phi) is 9.39. The van der Waals surface area contributed by atoms with Crippen LogP contribution in [0.3, 0.4) is 0 Å². The first kappa shape index (κ1) is 29.5. The summed E-state index contributed by atoms with van der Waals surface area (Å²) in [6.07, 6.45) is 3.25. The van der Waals surface area contributed by atoms with E-state index in [0.29, 0.717) is 18.9 Å². The highest BCUT2D eigenvalue weighted by molar-refractivity contribution is 7.89. The minimum atomic E-state index is -4.14. The van der Waals surface area contributed by atoms with Crippen molar-refractivity contribution in [3.63, 3.8) is 0 Å². The molecular weight excluding hydrogens is 546 g/mol. The number of nitrogens with two attached hydrogens (primary N) is 1.